The Bertz CT molecular complexity index is 576. The van der Waals surface area contributed by atoms with Gasteiger partial charge in [0.15, 0.2) is 0 Å². The van der Waals surface area contributed by atoms with Crippen molar-refractivity contribution in [2.24, 2.45) is 17.6 Å². The molecule has 4 N–H and O–H groups in total. The molecule has 2 rings (SSSR count). The highest BCUT2D eigenvalue weighted by Crippen LogP contribution is 2.18. The van der Waals surface area contributed by atoms with E-state index in [9.17, 15) is 4.79 Å². The van der Waals surface area contributed by atoms with Gasteiger partial charge in [-0.2, -0.15) is 5.10 Å². The minimum atomic E-state index is 0.0139. The fraction of sp³-hybridized carbons (Fsp3) is 0.467. The fourth-order valence-corrected chi connectivity index (χ4v) is 2.42. The summed E-state index contributed by atoms with van der Waals surface area (Å²) in [6.45, 7) is 4.84. The van der Waals surface area contributed by atoms with Crippen molar-refractivity contribution in [1.29, 1.82) is 0 Å². The van der Waals surface area contributed by atoms with E-state index in [4.69, 9.17) is 5.73 Å². The van der Waals surface area contributed by atoms with Gasteiger partial charge in [0.1, 0.15) is 0 Å². The minimum Gasteiger partial charge on any atom is -0.330 e. The van der Waals surface area contributed by atoms with Crippen LogP contribution in [-0.2, 0) is 4.79 Å². The van der Waals surface area contributed by atoms with E-state index >= 15 is 0 Å². The summed E-state index contributed by atoms with van der Waals surface area (Å²) < 4.78 is 0. The van der Waals surface area contributed by atoms with Gasteiger partial charge in [0.25, 0.3) is 0 Å². The van der Waals surface area contributed by atoms with Gasteiger partial charge in [0.05, 0.1) is 11.7 Å². The van der Waals surface area contributed by atoms with E-state index in [2.05, 4.69) is 29.4 Å². The molecule has 0 saturated carbocycles. The van der Waals surface area contributed by atoms with Gasteiger partial charge in [-0.05, 0) is 43.0 Å². The van der Waals surface area contributed by atoms with Gasteiger partial charge in [0.2, 0.25) is 5.91 Å². The molecule has 1 aromatic carbocycles. The molecule has 0 spiro atoms. The van der Waals surface area contributed by atoms with Gasteiger partial charge in [-0.3, -0.25) is 9.89 Å². The Morgan fingerprint density at radius 3 is 2.95 bits per heavy atom. The third-order valence-corrected chi connectivity index (χ3v) is 3.34. The van der Waals surface area contributed by atoms with E-state index < -0.39 is 0 Å². The van der Waals surface area contributed by atoms with Crippen molar-refractivity contribution in [3.63, 3.8) is 0 Å². The largest absolute Gasteiger partial charge is 0.330 e. The third kappa shape index (κ3) is 3.81. The Morgan fingerprint density at radius 1 is 1.45 bits per heavy atom. The quantitative estimate of drug-likeness (QED) is 0.756. The minimum absolute atomic E-state index is 0.0139. The Hall–Kier alpha value is -1.88. The highest BCUT2D eigenvalue weighted by Gasteiger charge is 2.14. The van der Waals surface area contributed by atoms with Crippen molar-refractivity contribution < 1.29 is 4.79 Å². The van der Waals surface area contributed by atoms with Crippen LogP contribution in [0.5, 0.6) is 0 Å². The summed E-state index contributed by atoms with van der Waals surface area (Å²) >= 11 is 0. The van der Waals surface area contributed by atoms with E-state index in [-0.39, 0.29) is 11.8 Å². The topological polar surface area (TPSA) is 83.8 Å². The zero-order valence-electron chi connectivity index (χ0n) is 12.0. The van der Waals surface area contributed by atoms with E-state index in [0.29, 0.717) is 18.9 Å². The summed E-state index contributed by atoms with van der Waals surface area (Å²) in [6, 6.07) is 5.71. The highest BCUT2D eigenvalue weighted by molar-refractivity contribution is 5.93. The number of benzene rings is 1. The van der Waals surface area contributed by atoms with Crippen LogP contribution in [0.2, 0.25) is 0 Å². The molecule has 1 aromatic heterocycles. The molecular weight excluding hydrogens is 252 g/mol. The predicted molar refractivity (Wildman–Crippen MR) is 81.3 cm³/mol. The lowest BCUT2D eigenvalue weighted by Crippen LogP contribution is -2.23. The Balaban J connectivity index is 1.96. The van der Waals surface area contributed by atoms with Gasteiger partial charge in [-0.25, -0.2) is 0 Å². The molecule has 0 aliphatic carbocycles. The van der Waals surface area contributed by atoms with Crippen molar-refractivity contribution >= 4 is 22.5 Å². The number of hydrogen-bond donors (Lipinski definition) is 3. The van der Waals surface area contributed by atoms with Crippen LogP contribution >= 0.6 is 0 Å². The summed E-state index contributed by atoms with van der Waals surface area (Å²) in [5, 5.41) is 10.8. The second-order valence-electron chi connectivity index (χ2n) is 5.66. The number of aromatic amines is 1. The number of anilines is 1. The summed E-state index contributed by atoms with van der Waals surface area (Å²) in [7, 11) is 0. The van der Waals surface area contributed by atoms with Gasteiger partial charge in [-0.1, -0.05) is 13.8 Å². The molecule has 1 unspecified atom stereocenters. The molecule has 0 radical (unpaired) electrons. The number of aromatic nitrogens is 2. The molecule has 108 valence electrons. The molecule has 0 saturated heterocycles. The molecule has 5 heteroatoms. The van der Waals surface area contributed by atoms with Crippen LogP contribution in [0.1, 0.15) is 26.7 Å². The first kappa shape index (κ1) is 14.5. The molecule has 0 fully saturated rings. The second-order valence-corrected chi connectivity index (χ2v) is 5.66. The Morgan fingerprint density at radius 2 is 2.25 bits per heavy atom. The molecule has 1 atom stereocenters. The maximum absolute atomic E-state index is 12.0. The molecule has 1 amide bonds. The van der Waals surface area contributed by atoms with Crippen molar-refractivity contribution in [3.05, 3.63) is 24.4 Å². The lowest BCUT2D eigenvalue weighted by Gasteiger charge is -2.16. The zero-order chi connectivity index (χ0) is 14.5. The number of amides is 1. The number of nitrogens with two attached hydrogens (primary N) is 1. The highest BCUT2D eigenvalue weighted by atomic mass is 16.1. The smallest absolute Gasteiger partial charge is 0.224 e. The first-order valence-corrected chi connectivity index (χ1v) is 7.01. The van der Waals surface area contributed by atoms with Gasteiger partial charge < -0.3 is 11.1 Å². The summed E-state index contributed by atoms with van der Waals surface area (Å²) in [5.41, 5.74) is 7.43. The zero-order valence-corrected chi connectivity index (χ0v) is 12.0. The lowest BCUT2D eigenvalue weighted by atomic mass is 9.94. The van der Waals surface area contributed by atoms with Crippen LogP contribution in [0.15, 0.2) is 24.4 Å². The first-order chi connectivity index (χ1) is 9.58. The number of fused-ring (bicyclic) bond motifs is 1. The van der Waals surface area contributed by atoms with E-state index in [1.807, 2.05) is 18.2 Å². The molecule has 0 bridgehead atoms. The van der Waals surface area contributed by atoms with Crippen LogP contribution in [0.3, 0.4) is 0 Å². The van der Waals surface area contributed by atoms with Crippen LogP contribution in [0.4, 0.5) is 5.69 Å². The molecular formula is C15H22N4O. The Labute approximate surface area is 118 Å². The standard InChI is InChI=1S/C15H22N4O/c1-10(2)5-11(8-16)6-15(20)18-13-4-3-12-9-17-19-14(12)7-13/h3-4,7,9-11H,5-6,8,16H2,1-2H3,(H,17,19)(H,18,20). The monoisotopic (exact) mass is 274 g/mol. The number of rotatable bonds is 6. The van der Waals surface area contributed by atoms with Crippen LogP contribution in [0.25, 0.3) is 10.9 Å². The fourth-order valence-electron chi connectivity index (χ4n) is 2.42. The molecule has 0 aliphatic heterocycles. The normalized spacial score (nSPS) is 12.8. The number of nitrogens with one attached hydrogen (secondary N) is 2. The molecule has 2 aromatic rings. The average molecular weight is 274 g/mol. The summed E-state index contributed by atoms with van der Waals surface area (Å²) in [5.74, 6) is 0.809. The molecule has 5 nitrogen and oxygen atoms in total. The van der Waals surface area contributed by atoms with Crippen molar-refractivity contribution in [1.82, 2.24) is 10.2 Å². The SMILES string of the molecule is CC(C)CC(CN)CC(=O)Nc1ccc2cn[nH]c2c1. The van der Waals surface area contributed by atoms with Gasteiger partial charge >= 0.3 is 0 Å². The van der Waals surface area contributed by atoms with Crippen molar-refractivity contribution in [2.75, 3.05) is 11.9 Å². The van der Waals surface area contributed by atoms with Crippen LogP contribution in [-0.4, -0.2) is 22.6 Å². The number of carbonyl (C=O) groups excluding carboxylic acids is 1. The second kappa shape index (κ2) is 6.52. The molecule has 20 heavy (non-hydrogen) atoms. The number of nitrogens with zero attached hydrogens (tertiary/aromatic N) is 1. The first-order valence-electron chi connectivity index (χ1n) is 7.01. The third-order valence-electron chi connectivity index (χ3n) is 3.34. The summed E-state index contributed by atoms with van der Waals surface area (Å²) in [6.07, 6.45) is 3.20. The van der Waals surface area contributed by atoms with Crippen LogP contribution in [0, 0.1) is 11.8 Å². The number of hydrogen-bond acceptors (Lipinski definition) is 3. The Kier molecular flexibility index (Phi) is 4.74. The lowest BCUT2D eigenvalue weighted by molar-refractivity contribution is -0.117. The average Bonchev–Trinajstić information content (AvgIpc) is 2.84. The van der Waals surface area contributed by atoms with Crippen LogP contribution < -0.4 is 11.1 Å². The van der Waals surface area contributed by atoms with Gasteiger partial charge in [-0.15, -0.1) is 0 Å². The maximum atomic E-state index is 12.0. The number of H-pyrrole nitrogens is 1. The van der Waals surface area contributed by atoms with E-state index in [1.54, 1.807) is 6.20 Å². The maximum Gasteiger partial charge on any atom is 0.224 e. The molecule has 0 aliphatic rings. The van der Waals surface area contributed by atoms with E-state index in [1.165, 1.54) is 0 Å². The molecule has 1 heterocycles. The number of carbonyl (C=O) groups is 1. The van der Waals surface area contributed by atoms with Crippen molar-refractivity contribution in [3.8, 4) is 0 Å². The predicted octanol–water partition coefficient (Wildman–Crippen LogP) is 2.51. The summed E-state index contributed by atoms with van der Waals surface area (Å²) in [4.78, 5) is 12.0. The van der Waals surface area contributed by atoms with Crippen molar-refractivity contribution in [2.45, 2.75) is 26.7 Å². The van der Waals surface area contributed by atoms with Gasteiger partial charge in [0, 0.05) is 17.5 Å². The van der Waals surface area contributed by atoms with E-state index in [0.717, 1.165) is 23.0 Å².